The van der Waals surface area contributed by atoms with Crippen LogP contribution in [-0.4, -0.2) is 28.8 Å². The Labute approximate surface area is 119 Å². The number of hydrogen-bond acceptors (Lipinski definition) is 3. The molecule has 1 amide bonds. The van der Waals surface area contributed by atoms with Gasteiger partial charge in [0.1, 0.15) is 0 Å². The molecule has 0 saturated carbocycles. The molecule has 0 aliphatic carbocycles. The van der Waals surface area contributed by atoms with Gasteiger partial charge >= 0.3 is 0 Å². The largest absolute Gasteiger partial charge is 0.326 e. The van der Waals surface area contributed by atoms with Crippen molar-refractivity contribution in [1.82, 2.24) is 15.1 Å². The Morgan fingerprint density at radius 3 is 2.90 bits per heavy atom. The van der Waals surface area contributed by atoms with Gasteiger partial charge in [-0.05, 0) is 24.2 Å². The van der Waals surface area contributed by atoms with Crippen LogP contribution in [-0.2, 0) is 11.3 Å². The van der Waals surface area contributed by atoms with Crippen molar-refractivity contribution >= 4 is 11.6 Å². The van der Waals surface area contributed by atoms with Crippen LogP contribution in [0.15, 0.2) is 42.7 Å². The SMILES string of the molecule is CCNCCC(=O)Nc1ccccc1Cn1cccn1. The summed E-state index contributed by atoms with van der Waals surface area (Å²) in [5.41, 5.74) is 1.90. The minimum absolute atomic E-state index is 0.0267. The Balaban J connectivity index is 1.98. The third kappa shape index (κ3) is 4.20. The number of carbonyl (C=O) groups excluding carboxylic acids is 1. The molecular weight excluding hydrogens is 252 g/mol. The molecule has 0 unspecified atom stereocenters. The van der Waals surface area contributed by atoms with Gasteiger partial charge < -0.3 is 10.6 Å². The van der Waals surface area contributed by atoms with E-state index in [1.807, 2.05) is 48.1 Å². The van der Waals surface area contributed by atoms with Gasteiger partial charge in [0, 0.05) is 31.0 Å². The van der Waals surface area contributed by atoms with E-state index in [0.29, 0.717) is 19.5 Å². The number of benzene rings is 1. The number of nitrogens with one attached hydrogen (secondary N) is 2. The highest BCUT2D eigenvalue weighted by Gasteiger charge is 2.06. The molecule has 0 aliphatic heterocycles. The quantitative estimate of drug-likeness (QED) is 0.756. The standard InChI is InChI=1S/C15H20N4O/c1-2-16-10-8-15(20)18-14-7-4-3-6-13(14)12-19-11-5-9-17-19/h3-7,9,11,16H,2,8,10,12H2,1H3,(H,18,20). The lowest BCUT2D eigenvalue weighted by molar-refractivity contribution is -0.116. The fourth-order valence-electron chi connectivity index (χ4n) is 1.94. The van der Waals surface area contributed by atoms with E-state index in [4.69, 9.17) is 0 Å². The smallest absolute Gasteiger partial charge is 0.225 e. The van der Waals surface area contributed by atoms with Gasteiger partial charge in [0.15, 0.2) is 0 Å². The van der Waals surface area contributed by atoms with Gasteiger partial charge in [-0.2, -0.15) is 5.10 Å². The van der Waals surface area contributed by atoms with Crippen LogP contribution < -0.4 is 10.6 Å². The fourth-order valence-corrected chi connectivity index (χ4v) is 1.94. The van der Waals surface area contributed by atoms with Gasteiger partial charge in [0.25, 0.3) is 0 Å². The molecule has 0 aliphatic rings. The van der Waals surface area contributed by atoms with E-state index in [0.717, 1.165) is 17.8 Å². The Kier molecular flexibility index (Phi) is 5.32. The van der Waals surface area contributed by atoms with E-state index in [9.17, 15) is 4.79 Å². The molecule has 1 aromatic heterocycles. The second-order valence-corrected chi connectivity index (χ2v) is 4.51. The highest BCUT2D eigenvalue weighted by molar-refractivity contribution is 5.91. The third-order valence-electron chi connectivity index (χ3n) is 2.96. The lowest BCUT2D eigenvalue weighted by atomic mass is 10.1. The summed E-state index contributed by atoms with van der Waals surface area (Å²) in [6, 6.07) is 9.70. The monoisotopic (exact) mass is 272 g/mol. The molecule has 20 heavy (non-hydrogen) atoms. The van der Waals surface area contributed by atoms with Gasteiger partial charge in [-0.3, -0.25) is 9.48 Å². The summed E-state index contributed by atoms with van der Waals surface area (Å²) in [6.07, 6.45) is 4.13. The first kappa shape index (κ1) is 14.3. The maximum absolute atomic E-state index is 11.9. The summed E-state index contributed by atoms with van der Waals surface area (Å²) in [5.74, 6) is 0.0267. The molecule has 0 fully saturated rings. The van der Waals surface area contributed by atoms with E-state index in [1.54, 1.807) is 6.20 Å². The molecule has 0 spiro atoms. The van der Waals surface area contributed by atoms with Crippen LogP contribution in [0.4, 0.5) is 5.69 Å². The number of nitrogens with zero attached hydrogens (tertiary/aromatic N) is 2. The molecule has 0 radical (unpaired) electrons. The average molecular weight is 272 g/mol. The normalized spacial score (nSPS) is 10.4. The van der Waals surface area contributed by atoms with Crippen LogP contribution in [0.1, 0.15) is 18.9 Å². The van der Waals surface area contributed by atoms with Crippen molar-refractivity contribution in [1.29, 1.82) is 0 Å². The number of hydrogen-bond donors (Lipinski definition) is 2. The zero-order valence-electron chi connectivity index (χ0n) is 11.7. The molecule has 106 valence electrons. The van der Waals surface area contributed by atoms with Gasteiger partial charge in [-0.15, -0.1) is 0 Å². The van der Waals surface area contributed by atoms with Gasteiger partial charge in [-0.25, -0.2) is 0 Å². The van der Waals surface area contributed by atoms with Crippen LogP contribution in [0.2, 0.25) is 0 Å². The molecule has 1 aromatic carbocycles. The fraction of sp³-hybridized carbons (Fsp3) is 0.333. The van der Waals surface area contributed by atoms with E-state index in [2.05, 4.69) is 15.7 Å². The Hall–Kier alpha value is -2.14. The molecule has 2 aromatic rings. The highest BCUT2D eigenvalue weighted by Crippen LogP contribution is 2.16. The van der Waals surface area contributed by atoms with Gasteiger partial charge in [-0.1, -0.05) is 25.1 Å². The molecule has 5 nitrogen and oxygen atoms in total. The number of rotatable bonds is 7. The molecule has 0 saturated heterocycles. The summed E-state index contributed by atoms with van der Waals surface area (Å²) in [6.45, 7) is 4.25. The molecule has 1 heterocycles. The molecular formula is C15H20N4O. The molecule has 2 N–H and O–H groups in total. The van der Waals surface area contributed by atoms with Crippen LogP contribution in [0, 0.1) is 0 Å². The number of amides is 1. The lowest BCUT2D eigenvalue weighted by Gasteiger charge is -2.11. The number of anilines is 1. The Bertz CT molecular complexity index is 537. The second kappa shape index (κ2) is 7.45. The predicted octanol–water partition coefficient (Wildman–Crippen LogP) is 1.87. The number of aromatic nitrogens is 2. The predicted molar refractivity (Wildman–Crippen MR) is 79.6 cm³/mol. The summed E-state index contributed by atoms with van der Waals surface area (Å²) in [4.78, 5) is 11.9. The second-order valence-electron chi connectivity index (χ2n) is 4.51. The maximum Gasteiger partial charge on any atom is 0.225 e. The van der Waals surface area contributed by atoms with Crippen molar-refractivity contribution in [3.63, 3.8) is 0 Å². The Morgan fingerprint density at radius 2 is 2.15 bits per heavy atom. The van der Waals surface area contributed by atoms with Crippen LogP contribution in [0.3, 0.4) is 0 Å². The van der Waals surface area contributed by atoms with Crippen molar-refractivity contribution in [3.05, 3.63) is 48.3 Å². The van der Waals surface area contributed by atoms with E-state index in [1.165, 1.54) is 0 Å². The molecule has 5 heteroatoms. The summed E-state index contributed by atoms with van der Waals surface area (Å²) >= 11 is 0. The Morgan fingerprint density at radius 1 is 1.30 bits per heavy atom. The minimum atomic E-state index is 0.0267. The zero-order chi connectivity index (χ0) is 14.2. The van der Waals surface area contributed by atoms with Gasteiger partial charge in [0.2, 0.25) is 5.91 Å². The molecule has 0 atom stereocenters. The van der Waals surface area contributed by atoms with Crippen LogP contribution >= 0.6 is 0 Å². The lowest BCUT2D eigenvalue weighted by Crippen LogP contribution is -2.22. The highest BCUT2D eigenvalue weighted by atomic mass is 16.1. The third-order valence-corrected chi connectivity index (χ3v) is 2.96. The summed E-state index contributed by atoms with van der Waals surface area (Å²) < 4.78 is 1.84. The van der Waals surface area contributed by atoms with Crippen LogP contribution in [0.25, 0.3) is 0 Å². The van der Waals surface area contributed by atoms with Crippen molar-refractivity contribution in [2.24, 2.45) is 0 Å². The van der Waals surface area contributed by atoms with Crippen LogP contribution in [0.5, 0.6) is 0 Å². The van der Waals surface area contributed by atoms with Gasteiger partial charge in [0.05, 0.1) is 6.54 Å². The van der Waals surface area contributed by atoms with E-state index >= 15 is 0 Å². The van der Waals surface area contributed by atoms with E-state index in [-0.39, 0.29) is 5.91 Å². The number of carbonyl (C=O) groups is 1. The zero-order valence-corrected chi connectivity index (χ0v) is 11.7. The van der Waals surface area contributed by atoms with Crippen molar-refractivity contribution in [2.75, 3.05) is 18.4 Å². The molecule has 0 bridgehead atoms. The topological polar surface area (TPSA) is 59.0 Å². The van der Waals surface area contributed by atoms with E-state index < -0.39 is 0 Å². The first-order valence-electron chi connectivity index (χ1n) is 6.85. The first-order chi connectivity index (χ1) is 9.79. The first-order valence-corrected chi connectivity index (χ1v) is 6.85. The maximum atomic E-state index is 11.9. The van der Waals surface area contributed by atoms with Crippen molar-refractivity contribution in [3.8, 4) is 0 Å². The van der Waals surface area contributed by atoms with Crippen molar-refractivity contribution in [2.45, 2.75) is 19.9 Å². The minimum Gasteiger partial charge on any atom is -0.326 e. The summed E-state index contributed by atoms with van der Waals surface area (Å²) in [7, 11) is 0. The molecule has 2 rings (SSSR count). The average Bonchev–Trinajstić information content (AvgIpc) is 2.94. The van der Waals surface area contributed by atoms with Crippen molar-refractivity contribution < 1.29 is 4.79 Å². The number of para-hydroxylation sites is 1. The summed E-state index contributed by atoms with van der Waals surface area (Å²) in [5, 5.41) is 10.3.